The molecule has 0 bridgehead atoms. The molecule has 1 aromatic heterocycles. The van der Waals surface area contributed by atoms with Gasteiger partial charge in [-0.15, -0.1) is 0 Å². The number of hydrogen-bond donors (Lipinski definition) is 3. The second-order valence-corrected chi connectivity index (χ2v) is 4.09. The largest absolute Gasteiger partial charge is 0.416 e. The number of carbonyl (C=O) groups is 1. The van der Waals surface area contributed by atoms with Crippen molar-refractivity contribution in [3.05, 3.63) is 53.9 Å². The summed E-state index contributed by atoms with van der Waals surface area (Å²) in [7, 11) is 0. The third-order valence-corrected chi connectivity index (χ3v) is 2.69. The van der Waals surface area contributed by atoms with Gasteiger partial charge in [-0.05, 0) is 30.3 Å². The molecule has 110 valence electrons. The summed E-state index contributed by atoms with van der Waals surface area (Å²) < 4.78 is 37.3. The van der Waals surface area contributed by atoms with Crippen LogP contribution in [0.25, 0.3) is 0 Å². The fourth-order valence-electron chi connectivity index (χ4n) is 1.65. The van der Waals surface area contributed by atoms with Crippen molar-refractivity contribution in [2.45, 2.75) is 6.18 Å². The number of benzene rings is 1. The number of halogens is 3. The lowest BCUT2D eigenvalue weighted by Crippen LogP contribution is -2.17. The molecule has 2 aromatic rings. The van der Waals surface area contributed by atoms with E-state index in [1.54, 1.807) is 0 Å². The van der Waals surface area contributed by atoms with Crippen LogP contribution >= 0.6 is 0 Å². The van der Waals surface area contributed by atoms with Crippen LogP contribution in [0.3, 0.4) is 0 Å². The number of pyridine rings is 1. The molecule has 8 heteroatoms. The summed E-state index contributed by atoms with van der Waals surface area (Å²) in [6.07, 6.45) is -1.64. The highest BCUT2D eigenvalue weighted by molar-refractivity contribution is 6.07. The molecule has 0 aliphatic carbocycles. The molecule has 1 heterocycles. The molecule has 0 aliphatic rings. The van der Waals surface area contributed by atoms with Crippen LogP contribution in [-0.4, -0.2) is 10.9 Å². The molecule has 0 spiro atoms. The van der Waals surface area contributed by atoms with Gasteiger partial charge in [0.1, 0.15) is 0 Å². The smallest absolute Gasteiger partial charge is 0.322 e. The summed E-state index contributed by atoms with van der Waals surface area (Å²) in [4.78, 5) is 15.8. The number of carbonyl (C=O) groups excluding carboxylic acids is 1. The predicted octanol–water partition coefficient (Wildman–Crippen LogP) is 2.64. The minimum Gasteiger partial charge on any atom is -0.322 e. The number of nitrogen functional groups attached to an aromatic ring is 1. The summed E-state index contributed by atoms with van der Waals surface area (Å²) in [5.74, 6) is 4.75. The zero-order valence-corrected chi connectivity index (χ0v) is 10.6. The van der Waals surface area contributed by atoms with Gasteiger partial charge in [-0.1, -0.05) is 0 Å². The van der Waals surface area contributed by atoms with E-state index < -0.39 is 17.6 Å². The third-order valence-electron chi connectivity index (χ3n) is 2.69. The normalized spacial score (nSPS) is 11.0. The highest BCUT2D eigenvalue weighted by Crippen LogP contribution is 2.29. The first-order valence-corrected chi connectivity index (χ1v) is 5.81. The second-order valence-electron chi connectivity index (χ2n) is 4.09. The van der Waals surface area contributed by atoms with Crippen LogP contribution in [0, 0.1) is 0 Å². The first kappa shape index (κ1) is 14.8. The SMILES string of the molecule is NNc1cnccc1C(=O)Nc1ccc(C(F)(F)F)cc1. The van der Waals surface area contributed by atoms with E-state index >= 15 is 0 Å². The lowest BCUT2D eigenvalue weighted by atomic mass is 10.2. The summed E-state index contributed by atoms with van der Waals surface area (Å²) >= 11 is 0. The quantitative estimate of drug-likeness (QED) is 0.601. The van der Waals surface area contributed by atoms with Gasteiger partial charge >= 0.3 is 6.18 Å². The first-order chi connectivity index (χ1) is 9.91. The molecule has 4 N–H and O–H groups in total. The van der Waals surface area contributed by atoms with Crippen LogP contribution in [0.2, 0.25) is 0 Å². The summed E-state index contributed by atoms with van der Waals surface area (Å²) in [5.41, 5.74) is 2.32. The molecule has 0 saturated heterocycles. The Bertz CT molecular complexity index is 641. The first-order valence-electron chi connectivity index (χ1n) is 5.81. The monoisotopic (exact) mass is 296 g/mol. The molecule has 1 amide bonds. The van der Waals surface area contributed by atoms with Gasteiger partial charge in [0.15, 0.2) is 0 Å². The van der Waals surface area contributed by atoms with Gasteiger partial charge in [0.2, 0.25) is 0 Å². The Kier molecular flexibility index (Phi) is 4.08. The van der Waals surface area contributed by atoms with Crippen LogP contribution in [0.5, 0.6) is 0 Å². The van der Waals surface area contributed by atoms with Crippen LogP contribution in [-0.2, 0) is 6.18 Å². The maximum atomic E-state index is 12.4. The standard InChI is InChI=1S/C13H11F3N4O/c14-13(15,16)8-1-3-9(4-2-8)19-12(21)10-5-6-18-7-11(10)20-17/h1-7,20H,17H2,(H,19,21). The van der Waals surface area contributed by atoms with Crippen LogP contribution < -0.4 is 16.6 Å². The molecule has 0 aliphatic heterocycles. The van der Waals surface area contributed by atoms with Crippen LogP contribution in [0.15, 0.2) is 42.7 Å². The number of nitrogens with two attached hydrogens (primary N) is 1. The van der Waals surface area contributed by atoms with Crippen molar-refractivity contribution >= 4 is 17.3 Å². The fraction of sp³-hybridized carbons (Fsp3) is 0.0769. The van der Waals surface area contributed by atoms with E-state index in [0.29, 0.717) is 5.69 Å². The van der Waals surface area contributed by atoms with E-state index in [1.807, 2.05) is 0 Å². The molecule has 0 atom stereocenters. The van der Waals surface area contributed by atoms with Crippen molar-refractivity contribution in [3.63, 3.8) is 0 Å². The molecule has 0 unspecified atom stereocenters. The maximum Gasteiger partial charge on any atom is 0.416 e. The molecule has 2 rings (SSSR count). The average Bonchev–Trinajstić information content (AvgIpc) is 2.46. The molecule has 5 nitrogen and oxygen atoms in total. The van der Waals surface area contributed by atoms with Crippen molar-refractivity contribution in [1.82, 2.24) is 4.98 Å². The van der Waals surface area contributed by atoms with E-state index in [9.17, 15) is 18.0 Å². The van der Waals surface area contributed by atoms with Crippen LogP contribution in [0.4, 0.5) is 24.5 Å². The maximum absolute atomic E-state index is 12.4. The molecule has 0 saturated carbocycles. The van der Waals surface area contributed by atoms with E-state index in [4.69, 9.17) is 5.84 Å². The zero-order valence-electron chi connectivity index (χ0n) is 10.6. The Labute approximate surface area is 118 Å². The van der Waals surface area contributed by atoms with Gasteiger partial charge in [-0.25, -0.2) is 0 Å². The van der Waals surface area contributed by atoms with Crippen molar-refractivity contribution in [1.29, 1.82) is 0 Å². The fourth-order valence-corrected chi connectivity index (χ4v) is 1.65. The lowest BCUT2D eigenvalue weighted by molar-refractivity contribution is -0.137. The number of nitrogens with one attached hydrogen (secondary N) is 2. The number of hydrogen-bond acceptors (Lipinski definition) is 4. The van der Waals surface area contributed by atoms with Gasteiger partial charge in [0.05, 0.1) is 23.0 Å². The number of aromatic nitrogens is 1. The second kappa shape index (κ2) is 5.80. The van der Waals surface area contributed by atoms with Gasteiger partial charge in [-0.3, -0.25) is 15.6 Å². The summed E-state index contributed by atoms with van der Waals surface area (Å²) in [6.45, 7) is 0. The highest BCUT2D eigenvalue weighted by atomic mass is 19.4. The van der Waals surface area contributed by atoms with Gasteiger partial charge < -0.3 is 10.7 Å². The van der Waals surface area contributed by atoms with Crippen molar-refractivity contribution in [2.75, 3.05) is 10.7 Å². The van der Waals surface area contributed by atoms with Gasteiger partial charge in [0.25, 0.3) is 5.91 Å². The number of alkyl halides is 3. The van der Waals surface area contributed by atoms with Crippen LogP contribution in [0.1, 0.15) is 15.9 Å². The molecule has 1 aromatic carbocycles. The van der Waals surface area contributed by atoms with E-state index in [0.717, 1.165) is 12.1 Å². The molecule has 0 radical (unpaired) electrons. The number of nitrogens with zero attached hydrogens (tertiary/aromatic N) is 1. The summed E-state index contributed by atoms with van der Waals surface area (Å²) in [6, 6.07) is 5.58. The number of rotatable bonds is 3. The van der Waals surface area contributed by atoms with Gasteiger partial charge in [-0.2, -0.15) is 13.2 Å². The number of amides is 1. The van der Waals surface area contributed by atoms with Gasteiger partial charge in [0, 0.05) is 11.9 Å². The Morgan fingerprint density at radius 3 is 2.38 bits per heavy atom. The van der Waals surface area contributed by atoms with E-state index in [1.165, 1.54) is 30.6 Å². The van der Waals surface area contributed by atoms with E-state index in [-0.39, 0.29) is 11.3 Å². The van der Waals surface area contributed by atoms with Crippen molar-refractivity contribution in [3.8, 4) is 0 Å². The van der Waals surface area contributed by atoms with E-state index in [2.05, 4.69) is 15.7 Å². The highest BCUT2D eigenvalue weighted by Gasteiger charge is 2.30. The molecular formula is C13H11F3N4O. The number of anilines is 2. The Morgan fingerprint density at radius 2 is 1.81 bits per heavy atom. The Morgan fingerprint density at radius 1 is 1.14 bits per heavy atom. The topological polar surface area (TPSA) is 80.0 Å². The minimum atomic E-state index is -4.41. The Balaban J connectivity index is 2.16. The lowest BCUT2D eigenvalue weighted by Gasteiger charge is -2.10. The zero-order chi connectivity index (χ0) is 15.5. The summed E-state index contributed by atoms with van der Waals surface area (Å²) in [5, 5.41) is 2.48. The number of hydrazine groups is 1. The van der Waals surface area contributed by atoms with Crippen molar-refractivity contribution in [2.24, 2.45) is 5.84 Å². The minimum absolute atomic E-state index is 0.229. The molecular weight excluding hydrogens is 285 g/mol. The molecule has 21 heavy (non-hydrogen) atoms. The molecule has 0 fully saturated rings. The van der Waals surface area contributed by atoms with Crippen molar-refractivity contribution < 1.29 is 18.0 Å². The average molecular weight is 296 g/mol. The Hall–Kier alpha value is -2.61. The third kappa shape index (κ3) is 3.48. The predicted molar refractivity (Wildman–Crippen MR) is 71.4 cm³/mol.